The summed E-state index contributed by atoms with van der Waals surface area (Å²) in [6.45, 7) is 3.13. The number of benzene rings is 1. The molecule has 1 aromatic rings. The summed E-state index contributed by atoms with van der Waals surface area (Å²) in [5.74, 6) is 0.115. The quantitative estimate of drug-likeness (QED) is 0.722. The highest BCUT2D eigenvalue weighted by Gasteiger charge is 2.35. The molecule has 5 nitrogen and oxygen atoms in total. The van der Waals surface area contributed by atoms with Gasteiger partial charge >= 0.3 is 0 Å². The molecule has 108 valence electrons. The van der Waals surface area contributed by atoms with Crippen LogP contribution in [0.3, 0.4) is 0 Å². The lowest BCUT2D eigenvalue weighted by Gasteiger charge is -2.44. The molecule has 1 atom stereocenters. The van der Waals surface area contributed by atoms with E-state index in [0.29, 0.717) is 5.92 Å². The van der Waals surface area contributed by atoms with Crippen molar-refractivity contribution in [1.29, 1.82) is 0 Å². The maximum atomic E-state index is 12.3. The van der Waals surface area contributed by atoms with E-state index in [-0.39, 0.29) is 34.0 Å². The van der Waals surface area contributed by atoms with Gasteiger partial charge in [0.2, 0.25) is 0 Å². The Balaban J connectivity index is 1.75. The molecule has 0 spiro atoms. The lowest BCUT2D eigenvalue weighted by atomic mass is 9.84. The third kappa shape index (κ3) is 2.43. The smallest absolute Gasteiger partial charge is 0.255 e. The van der Waals surface area contributed by atoms with Crippen LogP contribution in [-0.4, -0.2) is 41.6 Å². The van der Waals surface area contributed by atoms with Crippen LogP contribution in [-0.2, 0) is 0 Å². The number of phenols is 1. The molecular weight excluding hydrogens is 278 g/mol. The van der Waals surface area contributed by atoms with Crippen molar-refractivity contribution < 1.29 is 9.90 Å². The van der Waals surface area contributed by atoms with E-state index >= 15 is 0 Å². The highest BCUT2D eigenvalue weighted by Crippen LogP contribution is 2.30. The van der Waals surface area contributed by atoms with Gasteiger partial charge in [0.15, 0.2) is 0 Å². The van der Waals surface area contributed by atoms with Crippen LogP contribution >= 0.6 is 11.6 Å². The van der Waals surface area contributed by atoms with E-state index in [9.17, 15) is 9.90 Å². The van der Waals surface area contributed by atoms with Gasteiger partial charge in [-0.25, -0.2) is 0 Å². The SMILES string of the molecule is Nc1cc(O)c(C(=O)N[C@@H]2CN3CCC2CC3)cc1Cl. The zero-order valence-electron chi connectivity index (χ0n) is 11.1. The van der Waals surface area contributed by atoms with Crippen molar-refractivity contribution in [2.75, 3.05) is 25.4 Å². The number of nitrogen functional groups attached to an aromatic ring is 1. The van der Waals surface area contributed by atoms with E-state index in [1.54, 1.807) is 0 Å². The van der Waals surface area contributed by atoms with Crippen LogP contribution in [0.5, 0.6) is 5.75 Å². The number of aromatic hydroxyl groups is 1. The Kier molecular flexibility index (Phi) is 3.48. The molecule has 0 radical (unpaired) electrons. The second-order valence-electron chi connectivity index (χ2n) is 5.61. The van der Waals surface area contributed by atoms with Crippen molar-refractivity contribution in [2.24, 2.45) is 5.92 Å². The molecule has 0 unspecified atom stereocenters. The first kappa shape index (κ1) is 13.5. The summed E-state index contributed by atoms with van der Waals surface area (Å²) in [6, 6.07) is 2.89. The Bertz CT molecular complexity index is 541. The number of hydrogen-bond donors (Lipinski definition) is 3. The lowest BCUT2D eigenvalue weighted by Crippen LogP contribution is -2.57. The minimum Gasteiger partial charge on any atom is -0.507 e. The van der Waals surface area contributed by atoms with Gasteiger partial charge < -0.3 is 21.1 Å². The summed E-state index contributed by atoms with van der Waals surface area (Å²) in [6.07, 6.45) is 2.25. The van der Waals surface area contributed by atoms with Gasteiger partial charge in [-0.3, -0.25) is 4.79 Å². The molecule has 4 rings (SSSR count). The maximum absolute atomic E-state index is 12.3. The first-order valence-electron chi connectivity index (χ1n) is 6.86. The number of nitrogens with zero attached hydrogens (tertiary/aromatic N) is 1. The predicted octanol–water partition coefficient (Wildman–Crippen LogP) is 1.45. The first-order chi connectivity index (χ1) is 9.54. The molecule has 0 saturated carbocycles. The molecular formula is C14H18ClN3O2. The zero-order valence-corrected chi connectivity index (χ0v) is 11.9. The monoisotopic (exact) mass is 295 g/mol. The highest BCUT2D eigenvalue weighted by atomic mass is 35.5. The van der Waals surface area contributed by atoms with Crippen molar-refractivity contribution in [3.05, 3.63) is 22.7 Å². The number of nitrogens with one attached hydrogen (secondary N) is 1. The van der Waals surface area contributed by atoms with Crippen LogP contribution in [0, 0.1) is 5.92 Å². The van der Waals surface area contributed by atoms with Crippen molar-refractivity contribution in [3.63, 3.8) is 0 Å². The molecule has 20 heavy (non-hydrogen) atoms. The summed E-state index contributed by atoms with van der Waals surface area (Å²) in [5, 5.41) is 13.1. The van der Waals surface area contributed by atoms with Gasteiger partial charge in [-0.05, 0) is 37.9 Å². The Morgan fingerprint density at radius 1 is 1.40 bits per heavy atom. The summed E-state index contributed by atoms with van der Waals surface area (Å²) >= 11 is 5.91. The van der Waals surface area contributed by atoms with Crippen LogP contribution in [0.1, 0.15) is 23.2 Å². The van der Waals surface area contributed by atoms with E-state index < -0.39 is 0 Å². The number of fused-ring (bicyclic) bond motifs is 3. The molecule has 3 aliphatic heterocycles. The van der Waals surface area contributed by atoms with Crippen LogP contribution in [0.25, 0.3) is 0 Å². The van der Waals surface area contributed by atoms with Crippen molar-refractivity contribution in [3.8, 4) is 5.75 Å². The largest absolute Gasteiger partial charge is 0.507 e. The fraction of sp³-hybridized carbons (Fsp3) is 0.500. The van der Waals surface area contributed by atoms with E-state index in [4.69, 9.17) is 17.3 Å². The molecule has 1 aromatic carbocycles. The molecule has 3 aliphatic rings. The molecule has 0 aromatic heterocycles. The average Bonchev–Trinajstić information content (AvgIpc) is 2.44. The number of carbonyl (C=O) groups is 1. The van der Waals surface area contributed by atoms with E-state index in [1.807, 2.05) is 0 Å². The molecule has 2 bridgehead atoms. The number of halogens is 1. The molecule has 6 heteroatoms. The fourth-order valence-corrected chi connectivity index (χ4v) is 3.30. The van der Waals surface area contributed by atoms with Gasteiger partial charge in [0.1, 0.15) is 5.75 Å². The van der Waals surface area contributed by atoms with Crippen molar-refractivity contribution >= 4 is 23.2 Å². The molecule has 3 fully saturated rings. The summed E-state index contributed by atoms with van der Waals surface area (Å²) < 4.78 is 0. The summed E-state index contributed by atoms with van der Waals surface area (Å²) in [7, 11) is 0. The molecule has 3 saturated heterocycles. The van der Waals surface area contributed by atoms with Gasteiger partial charge in [0, 0.05) is 18.7 Å². The second-order valence-corrected chi connectivity index (χ2v) is 6.02. The predicted molar refractivity (Wildman–Crippen MR) is 77.9 cm³/mol. The summed E-state index contributed by atoms with van der Waals surface area (Å²) in [5.41, 5.74) is 6.04. The van der Waals surface area contributed by atoms with E-state index in [0.717, 1.165) is 32.5 Å². The van der Waals surface area contributed by atoms with E-state index in [2.05, 4.69) is 10.2 Å². The van der Waals surface area contributed by atoms with Gasteiger partial charge in [0.25, 0.3) is 5.91 Å². The molecule has 1 amide bonds. The number of piperidine rings is 3. The molecule has 3 heterocycles. The van der Waals surface area contributed by atoms with Gasteiger partial charge in [-0.15, -0.1) is 0 Å². The third-order valence-corrected chi connectivity index (χ3v) is 4.66. The van der Waals surface area contributed by atoms with Gasteiger partial charge in [-0.1, -0.05) is 11.6 Å². The zero-order chi connectivity index (χ0) is 14.3. The number of anilines is 1. The topological polar surface area (TPSA) is 78.6 Å². The minimum atomic E-state index is -0.289. The Hall–Kier alpha value is -1.46. The maximum Gasteiger partial charge on any atom is 0.255 e. The van der Waals surface area contributed by atoms with Crippen LogP contribution in [0.15, 0.2) is 12.1 Å². The first-order valence-corrected chi connectivity index (χ1v) is 7.23. The number of phenolic OH excluding ortho intramolecular Hbond substituents is 1. The van der Waals surface area contributed by atoms with Crippen molar-refractivity contribution in [1.82, 2.24) is 10.2 Å². The van der Waals surface area contributed by atoms with Crippen molar-refractivity contribution in [2.45, 2.75) is 18.9 Å². The standard InChI is InChI=1S/C14H18ClN3O2/c15-10-5-9(13(19)6-11(10)16)14(20)17-12-7-18-3-1-8(12)2-4-18/h5-6,8,12,19H,1-4,7,16H2,(H,17,20)/t12-/m1/s1. The highest BCUT2D eigenvalue weighted by molar-refractivity contribution is 6.33. The van der Waals surface area contributed by atoms with Gasteiger partial charge in [-0.2, -0.15) is 0 Å². The number of rotatable bonds is 2. The second kappa shape index (κ2) is 5.14. The number of amides is 1. The third-order valence-electron chi connectivity index (χ3n) is 4.33. The fourth-order valence-electron chi connectivity index (χ4n) is 3.13. The number of hydrogen-bond acceptors (Lipinski definition) is 4. The van der Waals surface area contributed by atoms with E-state index in [1.165, 1.54) is 12.1 Å². The lowest BCUT2D eigenvalue weighted by molar-refractivity contribution is 0.0619. The normalized spacial score (nSPS) is 28.4. The Morgan fingerprint density at radius 2 is 2.10 bits per heavy atom. The average molecular weight is 296 g/mol. The molecule has 4 N–H and O–H groups in total. The van der Waals surface area contributed by atoms with Crippen LogP contribution < -0.4 is 11.1 Å². The molecule has 0 aliphatic carbocycles. The van der Waals surface area contributed by atoms with Gasteiger partial charge in [0.05, 0.1) is 16.3 Å². The Labute approximate surface area is 122 Å². The Morgan fingerprint density at radius 3 is 2.70 bits per heavy atom. The minimum absolute atomic E-state index is 0.134. The summed E-state index contributed by atoms with van der Waals surface area (Å²) in [4.78, 5) is 14.6. The number of nitrogens with two attached hydrogens (primary N) is 1. The van der Waals surface area contributed by atoms with Crippen LogP contribution in [0.2, 0.25) is 5.02 Å². The van der Waals surface area contributed by atoms with Crippen LogP contribution in [0.4, 0.5) is 5.69 Å². The number of carbonyl (C=O) groups excluding carboxylic acids is 1.